The van der Waals surface area contributed by atoms with E-state index in [1.54, 1.807) is 0 Å². The molecule has 9 heteroatoms. The molecule has 21 aliphatic rings. The Morgan fingerprint density at radius 2 is 0.593 bits per heavy atom. The van der Waals surface area contributed by atoms with E-state index in [2.05, 4.69) is 138 Å². The number of hydrogen-bond donors (Lipinski definition) is 0. The van der Waals surface area contributed by atoms with Gasteiger partial charge in [0.25, 0.3) is 0 Å². The summed E-state index contributed by atoms with van der Waals surface area (Å²) in [5.74, 6) is 14.0. The van der Waals surface area contributed by atoms with E-state index >= 15 is 0 Å². The van der Waals surface area contributed by atoms with Gasteiger partial charge in [0, 0.05) is 59.5 Å². The Morgan fingerprint density at radius 3 is 0.963 bits per heavy atom. The van der Waals surface area contributed by atoms with Crippen LogP contribution in [-0.4, -0.2) is 114 Å². The van der Waals surface area contributed by atoms with Crippen molar-refractivity contribution in [1.82, 2.24) is 0 Å². The van der Waals surface area contributed by atoms with E-state index in [4.69, 9.17) is 42.6 Å². The minimum Gasteiger partial charge on any atom is -0.378 e. The van der Waals surface area contributed by atoms with Gasteiger partial charge < -0.3 is 42.6 Å². The average molecular weight is 1510 g/mol. The highest BCUT2D eigenvalue weighted by molar-refractivity contribution is 5.14. The van der Waals surface area contributed by atoms with E-state index in [9.17, 15) is 0 Å². The first-order chi connectivity index (χ1) is 51.7. The molecule has 2 spiro atoms. The van der Waals surface area contributed by atoms with Gasteiger partial charge in [0.15, 0.2) is 0 Å². The van der Waals surface area contributed by atoms with Crippen molar-refractivity contribution in [3.05, 3.63) is 0 Å². The van der Waals surface area contributed by atoms with Crippen molar-refractivity contribution in [2.45, 2.75) is 437 Å². The van der Waals surface area contributed by atoms with E-state index in [0.29, 0.717) is 98.3 Å². The summed E-state index contributed by atoms with van der Waals surface area (Å²) in [6.07, 6.45) is 59.7. The van der Waals surface area contributed by atoms with Crippen molar-refractivity contribution in [1.29, 1.82) is 0 Å². The monoisotopic (exact) mass is 1510 g/mol. The van der Waals surface area contributed by atoms with Crippen molar-refractivity contribution in [2.24, 2.45) is 132 Å². The summed E-state index contributed by atoms with van der Waals surface area (Å²) >= 11 is 0. The van der Waals surface area contributed by atoms with Crippen LogP contribution in [0, 0.1) is 132 Å². The lowest BCUT2D eigenvalue weighted by Gasteiger charge is -2.53. The highest BCUT2D eigenvalue weighted by Crippen LogP contribution is 2.68. The molecule has 0 aromatic heterocycles. The van der Waals surface area contributed by atoms with Gasteiger partial charge in [-0.05, 0) is 406 Å². The lowest BCUT2D eigenvalue weighted by Crippen LogP contribution is -2.51. The summed E-state index contributed by atoms with van der Waals surface area (Å²) in [7, 11) is 0. The third-order valence-electron chi connectivity index (χ3n) is 35.1. The molecule has 14 bridgehead atoms. The first-order valence-electron chi connectivity index (χ1n) is 48.2. The van der Waals surface area contributed by atoms with Gasteiger partial charge in [-0.15, -0.1) is 0 Å². The Labute approximate surface area is 667 Å². The third kappa shape index (κ3) is 19.5. The van der Waals surface area contributed by atoms with E-state index in [-0.39, 0.29) is 0 Å². The van der Waals surface area contributed by atoms with Gasteiger partial charge in [-0.2, -0.15) is 0 Å². The molecule has 21 saturated carbocycles. The maximum absolute atomic E-state index is 6.06. The first-order valence-corrected chi connectivity index (χ1v) is 48.2. The number of ether oxygens (including phenoxy) is 9. The van der Waals surface area contributed by atoms with Crippen LogP contribution in [-0.2, 0) is 42.6 Å². The van der Waals surface area contributed by atoms with Gasteiger partial charge in [0.2, 0.25) is 0 Å². The lowest BCUT2D eigenvalue weighted by atomic mass is 9.56. The van der Waals surface area contributed by atoms with Crippen LogP contribution in [0.1, 0.15) is 382 Å². The second kappa shape index (κ2) is 38.6. The SMILES string of the molecule is CCOC1C(C)(C)CCC12CC2.CCOC1C(C)(C)CCC12CCC2.CCOC1C2CC(C3CCCC32)C1(C)C.CCOC1C2CCC(CC2)C1(C)C.CCOC1C2CCC1(C)CC2(C)C.CCOC1C2CCC1C2.CCOC1C2CCC1CC2.CCOC1C2CCCC1CC2.CCOC1C2CCCC1CCC2. The predicted molar refractivity (Wildman–Crippen MR) is 448 cm³/mol. The highest BCUT2D eigenvalue weighted by atomic mass is 16.5. The van der Waals surface area contributed by atoms with E-state index in [1.807, 2.05) is 0 Å². The van der Waals surface area contributed by atoms with Gasteiger partial charge in [0.05, 0.1) is 54.9 Å². The molecule has 0 amide bonds. The molecule has 21 aliphatic carbocycles. The maximum Gasteiger partial charge on any atom is 0.0681 e. The van der Waals surface area contributed by atoms with Crippen LogP contribution in [0.5, 0.6) is 0 Å². The molecule has 0 aliphatic heterocycles. The molecule has 9 nitrogen and oxygen atoms in total. The van der Waals surface area contributed by atoms with Crippen LogP contribution in [0.25, 0.3) is 0 Å². The fraction of sp³-hybridized carbons (Fsp3) is 1.00. The van der Waals surface area contributed by atoms with Gasteiger partial charge >= 0.3 is 0 Å². The Kier molecular flexibility index (Phi) is 31.6. The quantitative estimate of drug-likeness (QED) is 0.133. The minimum absolute atomic E-state index is 0.427. The zero-order valence-corrected chi connectivity index (χ0v) is 74.8. The number of rotatable bonds is 18. The second-order valence-corrected chi connectivity index (χ2v) is 43.4. The van der Waals surface area contributed by atoms with E-state index in [1.165, 1.54) is 244 Å². The summed E-state index contributed by atoms with van der Waals surface area (Å²) in [5, 5.41) is 0. The lowest BCUT2D eigenvalue weighted by molar-refractivity contribution is -0.139. The van der Waals surface area contributed by atoms with Crippen LogP contribution in [0.4, 0.5) is 0 Å². The molecule has 0 saturated heterocycles. The smallest absolute Gasteiger partial charge is 0.0681 e. The minimum atomic E-state index is 0.427. The molecule has 108 heavy (non-hydrogen) atoms. The van der Waals surface area contributed by atoms with Crippen molar-refractivity contribution in [2.75, 3.05) is 59.5 Å². The molecule has 21 rings (SSSR count). The largest absolute Gasteiger partial charge is 0.378 e. The Hall–Kier alpha value is -0.360. The Morgan fingerprint density at radius 1 is 0.241 bits per heavy atom. The highest BCUT2D eigenvalue weighted by Gasteiger charge is 2.64. The first kappa shape index (κ1) is 88.5. The molecule has 0 aromatic rings. The normalized spacial score (nSPS) is 43.0. The fourth-order valence-electron chi connectivity index (χ4n) is 29.8. The summed E-state index contributed by atoms with van der Waals surface area (Å²) in [5.41, 5.74) is 3.99. The topological polar surface area (TPSA) is 83.1 Å². The van der Waals surface area contributed by atoms with Crippen LogP contribution < -0.4 is 0 Å². The zero-order valence-electron chi connectivity index (χ0n) is 74.8. The molecule has 15 unspecified atom stereocenters. The summed E-state index contributed by atoms with van der Waals surface area (Å²) in [4.78, 5) is 0. The molecular formula is C99H178O9. The Bertz CT molecular complexity index is 2540. The molecule has 0 heterocycles. The Balaban J connectivity index is 0.000000121. The van der Waals surface area contributed by atoms with Gasteiger partial charge in [0.1, 0.15) is 0 Å². The predicted octanol–water partition coefficient (Wildman–Crippen LogP) is 26.0. The van der Waals surface area contributed by atoms with Crippen molar-refractivity contribution >= 4 is 0 Å². The van der Waals surface area contributed by atoms with Crippen molar-refractivity contribution in [3.8, 4) is 0 Å². The molecule has 0 aromatic carbocycles. The molecule has 0 radical (unpaired) electrons. The molecular weight excluding hydrogens is 1330 g/mol. The van der Waals surface area contributed by atoms with Crippen molar-refractivity contribution in [3.63, 3.8) is 0 Å². The number of hydrogen-bond acceptors (Lipinski definition) is 9. The summed E-state index contributed by atoms with van der Waals surface area (Å²) in [6, 6.07) is 0. The second-order valence-electron chi connectivity index (χ2n) is 43.4. The standard InChI is InChI=1S/C14H24O.3C12H22O.2C11H20O.C10H18O.C9H16O.C8H14O/c1-4-15-13-11-8-12(14(13,2)3)10-7-5-6-9(10)11;1-5-13-10-9-6-7-12(10,4)8-11(9,2)3;1-4-13-11-9-5-7-10(8-6-9)12(11,2)3;1-4-13-10-11(2,3)8-9-12(10)6-5-7-12;1-4-12-9-10(2,3)5-6-11(9)7-8-11;1-2-12-11-9-5-3-6-10(11)8-4-7-9;1-2-11-10-8-4-3-5-9(10)7-6-8;1-2-10-9-7-3-4-8(9)6-5-7;1-2-9-8-6-3-4-7(8)5-6/h9-13H,4-8H2,1-3H3;9-10H,5-8H2,1-4H3;9-11H,4-8H2,1-3H3;10H,4-9H2,1-3H3;9H,4-8H2,1-3H3;9-11H,2-8H2,1H3;8-10H,2-7H2,1H3;7-9H,2-6H2,1H3;6-8H,2-5H2,1H3. The van der Waals surface area contributed by atoms with E-state index in [0.717, 1.165) is 148 Å². The van der Waals surface area contributed by atoms with Crippen LogP contribution in [0.2, 0.25) is 0 Å². The number of fused-ring (bicyclic) bond motifs is 17. The van der Waals surface area contributed by atoms with E-state index < -0.39 is 0 Å². The average Bonchev–Trinajstić information content (AvgIpc) is 1.55. The zero-order chi connectivity index (χ0) is 77.5. The fourth-order valence-corrected chi connectivity index (χ4v) is 29.8. The third-order valence-corrected chi connectivity index (χ3v) is 35.1. The molecule has 21 fully saturated rings. The van der Waals surface area contributed by atoms with Gasteiger partial charge in [-0.1, -0.05) is 108 Å². The summed E-state index contributed by atoms with van der Waals surface area (Å²) in [6.45, 7) is 53.6. The molecule has 628 valence electrons. The van der Waals surface area contributed by atoms with Crippen LogP contribution in [0.15, 0.2) is 0 Å². The van der Waals surface area contributed by atoms with Crippen molar-refractivity contribution < 1.29 is 42.6 Å². The van der Waals surface area contributed by atoms with Crippen LogP contribution >= 0.6 is 0 Å². The van der Waals surface area contributed by atoms with Gasteiger partial charge in [-0.25, -0.2) is 0 Å². The van der Waals surface area contributed by atoms with Crippen LogP contribution in [0.3, 0.4) is 0 Å². The maximum atomic E-state index is 6.06. The molecule has 15 atom stereocenters. The summed E-state index contributed by atoms with van der Waals surface area (Å²) < 4.78 is 52.7. The molecule has 0 N–H and O–H groups in total. The van der Waals surface area contributed by atoms with Gasteiger partial charge in [-0.3, -0.25) is 0 Å².